The number of nitrogens with two attached hydrogens (primary N) is 1. The summed E-state index contributed by atoms with van der Waals surface area (Å²) < 4.78 is 10.4. The minimum absolute atomic E-state index is 0.0802. The molecule has 2 rings (SSSR count). The zero-order chi connectivity index (χ0) is 17.5. The zero-order valence-electron chi connectivity index (χ0n) is 14.0. The van der Waals surface area contributed by atoms with Gasteiger partial charge in [-0.15, -0.1) is 0 Å². The molecule has 0 spiro atoms. The van der Waals surface area contributed by atoms with E-state index in [1.54, 1.807) is 32.4 Å². The van der Waals surface area contributed by atoms with Crippen LogP contribution in [0.2, 0.25) is 5.02 Å². The SMILES string of the molecule is COc1ccc(OC)c(NC(=O)C[NH2+][C@@H](C)c2ccccc2Cl)c1. The van der Waals surface area contributed by atoms with Crippen molar-refractivity contribution in [1.29, 1.82) is 0 Å². The van der Waals surface area contributed by atoms with Gasteiger partial charge in [-0.3, -0.25) is 4.79 Å². The molecule has 2 aromatic carbocycles. The molecular weight excluding hydrogens is 328 g/mol. The summed E-state index contributed by atoms with van der Waals surface area (Å²) in [6.07, 6.45) is 0. The van der Waals surface area contributed by atoms with Crippen molar-refractivity contribution in [1.82, 2.24) is 0 Å². The van der Waals surface area contributed by atoms with Crippen LogP contribution in [-0.2, 0) is 4.79 Å². The molecule has 1 amide bonds. The van der Waals surface area contributed by atoms with Crippen LogP contribution in [0.4, 0.5) is 5.69 Å². The normalized spacial score (nSPS) is 11.7. The molecule has 128 valence electrons. The maximum absolute atomic E-state index is 12.2. The van der Waals surface area contributed by atoms with E-state index in [1.807, 2.05) is 36.5 Å². The number of quaternary nitrogens is 1. The fourth-order valence-corrected chi connectivity index (χ4v) is 2.68. The van der Waals surface area contributed by atoms with Crippen molar-refractivity contribution >= 4 is 23.2 Å². The highest BCUT2D eigenvalue weighted by Gasteiger charge is 2.15. The van der Waals surface area contributed by atoms with E-state index in [0.717, 1.165) is 5.56 Å². The molecule has 5 nitrogen and oxygen atoms in total. The van der Waals surface area contributed by atoms with Gasteiger partial charge in [-0.05, 0) is 25.1 Å². The highest BCUT2D eigenvalue weighted by atomic mass is 35.5. The summed E-state index contributed by atoms with van der Waals surface area (Å²) in [4.78, 5) is 12.2. The van der Waals surface area contributed by atoms with Crippen LogP contribution in [0.15, 0.2) is 42.5 Å². The molecule has 0 fully saturated rings. The quantitative estimate of drug-likeness (QED) is 0.807. The standard InChI is InChI=1S/C18H21ClN2O3/c1-12(14-6-4-5-7-15(14)19)20-11-18(22)21-16-10-13(23-2)8-9-17(16)24-3/h4-10,12,20H,11H2,1-3H3,(H,21,22)/p+1/t12-/m0/s1. The van der Waals surface area contributed by atoms with Crippen LogP contribution < -0.4 is 20.1 Å². The van der Waals surface area contributed by atoms with Crippen molar-refractivity contribution in [2.75, 3.05) is 26.1 Å². The van der Waals surface area contributed by atoms with Gasteiger partial charge in [0.15, 0.2) is 6.54 Å². The summed E-state index contributed by atoms with van der Waals surface area (Å²) in [7, 11) is 3.13. The summed E-state index contributed by atoms with van der Waals surface area (Å²) in [6, 6.07) is 13.0. The second-order valence-corrected chi connectivity index (χ2v) is 5.77. The van der Waals surface area contributed by atoms with Crippen molar-refractivity contribution in [3.05, 3.63) is 53.1 Å². The van der Waals surface area contributed by atoms with Gasteiger partial charge in [0, 0.05) is 16.7 Å². The Kier molecular flexibility index (Phi) is 6.46. The van der Waals surface area contributed by atoms with Crippen molar-refractivity contribution in [3.8, 4) is 11.5 Å². The van der Waals surface area contributed by atoms with Gasteiger partial charge in [0.05, 0.1) is 19.9 Å². The van der Waals surface area contributed by atoms with E-state index in [4.69, 9.17) is 21.1 Å². The van der Waals surface area contributed by atoms with E-state index in [0.29, 0.717) is 22.2 Å². The van der Waals surface area contributed by atoms with Gasteiger partial charge in [-0.1, -0.05) is 29.8 Å². The van der Waals surface area contributed by atoms with Gasteiger partial charge in [-0.2, -0.15) is 0 Å². The average molecular weight is 350 g/mol. The third-order valence-corrected chi connectivity index (χ3v) is 4.08. The molecule has 1 atom stereocenters. The second-order valence-electron chi connectivity index (χ2n) is 5.36. The van der Waals surface area contributed by atoms with Gasteiger partial charge >= 0.3 is 0 Å². The lowest BCUT2D eigenvalue weighted by molar-refractivity contribution is -0.682. The van der Waals surface area contributed by atoms with E-state index in [1.165, 1.54) is 0 Å². The van der Waals surface area contributed by atoms with Crippen molar-refractivity contribution in [2.45, 2.75) is 13.0 Å². The molecule has 0 saturated carbocycles. The Hall–Kier alpha value is -2.24. The van der Waals surface area contributed by atoms with Gasteiger partial charge in [0.1, 0.15) is 17.5 Å². The molecule has 0 radical (unpaired) electrons. The monoisotopic (exact) mass is 349 g/mol. The molecular formula is C18H22ClN2O3+. The van der Waals surface area contributed by atoms with E-state index >= 15 is 0 Å². The number of carbonyl (C=O) groups is 1. The Labute approximate surface area is 146 Å². The average Bonchev–Trinajstić information content (AvgIpc) is 2.60. The molecule has 0 saturated heterocycles. The Balaban J connectivity index is 1.97. The van der Waals surface area contributed by atoms with Crippen LogP contribution in [0, 0.1) is 0 Å². The van der Waals surface area contributed by atoms with Crippen LogP contribution in [0.1, 0.15) is 18.5 Å². The third kappa shape index (κ3) is 4.63. The van der Waals surface area contributed by atoms with Crippen LogP contribution in [-0.4, -0.2) is 26.7 Å². The van der Waals surface area contributed by atoms with Gasteiger partial charge in [0.2, 0.25) is 0 Å². The first-order valence-corrected chi connectivity index (χ1v) is 8.02. The lowest BCUT2D eigenvalue weighted by Crippen LogP contribution is -2.86. The number of methoxy groups -OCH3 is 2. The molecule has 0 heterocycles. The van der Waals surface area contributed by atoms with Crippen molar-refractivity contribution in [3.63, 3.8) is 0 Å². The lowest BCUT2D eigenvalue weighted by atomic mass is 10.1. The second kappa shape index (κ2) is 8.57. The number of hydrogen-bond donors (Lipinski definition) is 2. The van der Waals surface area contributed by atoms with E-state index in [9.17, 15) is 4.79 Å². The molecule has 0 aliphatic rings. The fourth-order valence-electron chi connectivity index (χ4n) is 2.37. The zero-order valence-corrected chi connectivity index (χ0v) is 14.8. The Morgan fingerprint density at radius 2 is 1.96 bits per heavy atom. The molecule has 2 aromatic rings. The van der Waals surface area contributed by atoms with E-state index < -0.39 is 0 Å². The Morgan fingerprint density at radius 3 is 2.62 bits per heavy atom. The largest absolute Gasteiger partial charge is 0.497 e. The molecule has 0 unspecified atom stereocenters. The predicted molar refractivity (Wildman–Crippen MR) is 94.8 cm³/mol. The maximum Gasteiger partial charge on any atom is 0.279 e. The molecule has 0 aliphatic heterocycles. The molecule has 24 heavy (non-hydrogen) atoms. The number of nitrogens with one attached hydrogen (secondary N) is 1. The van der Waals surface area contributed by atoms with Crippen LogP contribution in [0.3, 0.4) is 0 Å². The minimum Gasteiger partial charge on any atom is -0.497 e. The number of halogens is 1. The number of anilines is 1. The number of hydrogen-bond acceptors (Lipinski definition) is 3. The highest BCUT2D eigenvalue weighted by molar-refractivity contribution is 6.31. The van der Waals surface area contributed by atoms with Crippen LogP contribution >= 0.6 is 11.6 Å². The van der Waals surface area contributed by atoms with Crippen LogP contribution in [0.25, 0.3) is 0 Å². The third-order valence-electron chi connectivity index (χ3n) is 3.73. The summed E-state index contributed by atoms with van der Waals surface area (Å²) in [5.41, 5.74) is 1.59. The number of amides is 1. The van der Waals surface area contributed by atoms with E-state index in [2.05, 4.69) is 5.32 Å². The molecule has 0 aromatic heterocycles. The molecule has 3 N–H and O–H groups in total. The molecule has 6 heteroatoms. The topological polar surface area (TPSA) is 64.2 Å². The fraction of sp³-hybridized carbons (Fsp3) is 0.278. The first-order valence-electron chi connectivity index (χ1n) is 7.64. The molecule has 0 bridgehead atoms. The van der Waals surface area contributed by atoms with Gasteiger partial charge < -0.3 is 20.1 Å². The summed E-state index contributed by atoms with van der Waals surface area (Å²) >= 11 is 6.19. The van der Waals surface area contributed by atoms with Crippen LogP contribution in [0.5, 0.6) is 11.5 Å². The smallest absolute Gasteiger partial charge is 0.279 e. The van der Waals surface area contributed by atoms with Crippen molar-refractivity contribution < 1.29 is 19.6 Å². The minimum atomic E-state index is -0.125. The summed E-state index contributed by atoms with van der Waals surface area (Å²) in [5, 5.41) is 5.49. The lowest BCUT2D eigenvalue weighted by Gasteiger charge is -2.14. The van der Waals surface area contributed by atoms with Crippen molar-refractivity contribution in [2.24, 2.45) is 0 Å². The van der Waals surface area contributed by atoms with Gasteiger partial charge in [0.25, 0.3) is 5.91 Å². The van der Waals surface area contributed by atoms with E-state index in [-0.39, 0.29) is 18.5 Å². The number of ether oxygens (including phenoxy) is 2. The highest BCUT2D eigenvalue weighted by Crippen LogP contribution is 2.28. The number of benzene rings is 2. The predicted octanol–water partition coefficient (Wildman–Crippen LogP) is 2.62. The Morgan fingerprint density at radius 1 is 1.21 bits per heavy atom. The number of carbonyl (C=O) groups excluding carboxylic acids is 1. The first kappa shape index (κ1) is 18.1. The maximum atomic E-state index is 12.2. The first-order chi connectivity index (χ1) is 11.5. The summed E-state index contributed by atoms with van der Waals surface area (Å²) in [6.45, 7) is 2.29. The number of rotatable bonds is 7. The summed E-state index contributed by atoms with van der Waals surface area (Å²) in [5.74, 6) is 1.11. The Bertz CT molecular complexity index is 706. The molecule has 0 aliphatic carbocycles. The van der Waals surface area contributed by atoms with Gasteiger partial charge in [-0.25, -0.2) is 0 Å².